The number of methoxy groups -OCH3 is 1. The third-order valence-corrected chi connectivity index (χ3v) is 5.12. The number of hydrogen-bond acceptors (Lipinski definition) is 5. The van der Waals surface area contributed by atoms with E-state index in [-0.39, 0.29) is 6.61 Å². The van der Waals surface area contributed by atoms with Gasteiger partial charge in [0, 0.05) is 37.7 Å². The van der Waals surface area contributed by atoms with Crippen LogP contribution in [0.25, 0.3) is 0 Å². The van der Waals surface area contributed by atoms with Crippen molar-refractivity contribution in [1.29, 1.82) is 0 Å². The molecule has 2 aromatic rings. The van der Waals surface area contributed by atoms with E-state index < -0.39 is 6.10 Å². The number of para-hydroxylation sites is 2. The molecule has 2 aromatic carbocycles. The Morgan fingerprint density at radius 1 is 1.04 bits per heavy atom. The van der Waals surface area contributed by atoms with Crippen molar-refractivity contribution in [2.45, 2.75) is 6.10 Å². The van der Waals surface area contributed by atoms with Crippen LogP contribution in [0.5, 0.6) is 11.5 Å². The fraction of sp³-hybridized carbons (Fsp3) is 0.400. The van der Waals surface area contributed by atoms with Gasteiger partial charge in [-0.25, -0.2) is 0 Å². The van der Waals surface area contributed by atoms with Gasteiger partial charge in [-0.1, -0.05) is 35.3 Å². The smallest absolute Gasteiger partial charge is 0.142 e. The van der Waals surface area contributed by atoms with Crippen LogP contribution >= 0.6 is 23.2 Å². The summed E-state index contributed by atoms with van der Waals surface area (Å²) in [6.45, 7) is 4.26. The second-order valence-corrected chi connectivity index (χ2v) is 7.34. The van der Waals surface area contributed by atoms with Crippen LogP contribution in [0.3, 0.4) is 0 Å². The number of hydrogen-bond donors (Lipinski definition) is 1. The van der Waals surface area contributed by atoms with Crippen LogP contribution in [0.4, 0.5) is 5.69 Å². The van der Waals surface area contributed by atoms with Crippen LogP contribution in [-0.4, -0.2) is 62.6 Å². The second-order valence-electron chi connectivity index (χ2n) is 6.50. The largest absolute Gasteiger partial charge is 0.495 e. The molecular weight excluding hydrogens is 387 g/mol. The molecule has 0 spiro atoms. The van der Waals surface area contributed by atoms with Crippen LogP contribution in [0.2, 0.25) is 10.0 Å². The van der Waals surface area contributed by atoms with Gasteiger partial charge in [-0.05, 0) is 30.3 Å². The Hall–Kier alpha value is -1.66. The zero-order valence-corrected chi connectivity index (χ0v) is 16.8. The Kier molecular flexibility index (Phi) is 7.07. The number of benzene rings is 2. The number of halogens is 2. The summed E-state index contributed by atoms with van der Waals surface area (Å²) in [7, 11) is 1.69. The van der Waals surface area contributed by atoms with E-state index in [2.05, 4.69) is 15.9 Å². The average molecular weight is 411 g/mol. The zero-order chi connectivity index (χ0) is 19.2. The molecule has 1 aliphatic rings. The number of β-amino-alcohol motifs (C(OH)–C–C–N with tert-alkyl or cyclic N) is 1. The summed E-state index contributed by atoms with van der Waals surface area (Å²) in [6, 6.07) is 13.1. The standard InChI is InChI=1S/C20H24Cl2N2O3/c1-26-20-5-3-2-4-18(20)24-10-8-23(9-11-24)13-16(25)14-27-19-7-6-15(21)12-17(19)22/h2-7,12,16,25H,8-11,13-14H2,1H3/t16-/m0/s1. The molecule has 7 heteroatoms. The van der Waals surface area contributed by atoms with Gasteiger partial charge in [-0.15, -0.1) is 0 Å². The highest BCUT2D eigenvalue weighted by Crippen LogP contribution is 2.29. The molecule has 3 rings (SSSR count). The summed E-state index contributed by atoms with van der Waals surface area (Å²) in [5, 5.41) is 11.3. The molecule has 27 heavy (non-hydrogen) atoms. The van der Waals surface area contributed by atoms with E-state index in [0.29, 0.717) is 22.3 Å². The minimum absolute atomic E-state index is 0.189. The normalized spacial score (nSPS) is 16.2. The number of aliphatic hydroxyl groups excluding tert-OH is 1. The molecular formula is C20H24Cl2N2O3. The maximum absolute atomic E-state index is 10.3. The summed E-state index contributed by atoms with van der Waals surface area (Å²) in [6.07, 6.45) is -0.588. The van der Waals surface area contributed by atoms with Gasteiger partial charge in [0.05, 0.1) is 17.8 Å². The highest BCUT2D eigenvalue weighted by molar-refractivity contribution is 6.35. The fourth-order valence-corrected chi connectivity index (χ4v) is 3.65. The monoisotopic (exact) mass is 410 g/mol. The molecule has 0 amide bonds. The molecule has 0 saturated carbocycles. The third-order valence-electron chi connectivity index (χ3n) is 4.59. The Labute approximate surface area is 170 Å². The van der Waals surface area contributed by atoms with Gasteiger partial charge in [0.25, 0.3) is 0 Å². The first kappa shape index (κ1) is 20.1. The summed E-state index contributed by atoms with van der Waals surface area (Å²) in [4.78, 5) is 4.55. The lowest BCUT2D eigenvalue weighted by Gasteiger charge is -2.37. The molecule has 0 unspecified atom stereocenters. The third kappa shape index (κ3) is 5.42. The Bertz CT molecular complexity index is 752. The van der Waals surface area contributed by atoms with Crippen molar-refractivity contribution in [3.8, 4) is 11.5 Å². The number of ether oxygens (including phenoxy) is 2. The van der Waals surface area contributed by atoms with Crippen molar-refractivity contribution in [3.63, 3.8) is 0 Å². The molecule has 0 bridgehead atoms. The number of anilines is 1. The first-order valence-electron chi connectivity index (χ1n) is 8.93. The molecule has 1 N–H and O–H groups in total. The first-order chi connectivity index (χ1) is 13.1. The Balaban J connectivity index is 1.46. The van der Waals surface area contributed by atoms with Gasteiger partial charge in [-0.3, -0.25) is 4.90 Å². The molecule has 1 heterocycles. The molecule has 5 nitrogen and oxygen atoms in total. The van der Waals surface area contributed by atoms with Crippen molar-refractivity contribution in [3.05, 3.63) is 52.5 Å². The molecule has 146 valence electrons. The lowest BCUT2D eigenvalue weighted by atomic mass is 10.2. The van der Waals surface area contributed by atoms with E-state index in [1.54, 1.807) is 25.3 Å². The van der Waals surface area contributed by atoms with Crippen LogP contribution in [-0.2, 0) is 0 Å². The quantitative estimate of drug-likeness (QED) is 0.755. The van der Waals surface area contributed by atoms with Gasteiger partial charge >= 0.3 is 0 Å². The van der Waals surface area contributed by atoms with Crippen LogP contribution in [0.1, 0.15) is 0 Å². The molecule has 0 aromatic heterocycles. The number of nitrogens with zero attached hydrogens (tertiary/aromatic N) is 2. The van der Waals surface area contributed by atoms with Crippen molar-refractivity contribution in [1.82, 2.24) is 4.90 Å². The number of piperazine rings is 1. The van der Waals surface area contributed by atoms with Gasteiger partial charge in [0.1, 0.15) is 24.2 Å². The molecule has 0 aliphatic carbocycles. The zero-order valence-electron chi connectivity index (χ0n) is 15.3. The van der Waals surface area contributed by atoms with E-state index in [0.717, 1.165) is 37.6 Å². The SMILES string of the molecule is COc1ccccc1N1CCN(C[C@H](O)COc2ccc(Cl)cc2Cl)CC1. The summed E-state index contributed by atoms with van der Waals surface area (Å²) < 4.78 is 11.1. The molecule has 1 saturated heterocycles. The van der Waals surface area contributed by atoms with E-state index in [1.165, 1.54) is 0 Å². The van der Waals surface area contributed by atoms with E-state index >= 15 is 0 Å². The molecule has 1 atom stereocenters. The van der Waals surface area contributed by atoms with Crippen molar-refractivity contribution >= 4 is 28.9 Å². The van der Waals surface area contributed by atoms with Crippen LogP contribution in [0.15, 0.2) is 42.5 Å². The number of rotatable bonds is 7. The minimum atomic E-state index is -0.588. The van der Waals surface area contributed by atoms with Crippen molar-refractivity contribution < 1.29 is 14.6 Å². The van der Waals surface area contributed by atoms with E-state index in [4.69, 9.17) is 32.7 Å². The fourth-order valence-electron chi connectivity index (χ4n) is 3.19. The topological polar surface area (TPSA) is 45.2 Å². The molecule has 0 radical (unpaired) electrons. The van der Waals surface area contributed by atoms with Gasteiger partial charge in [-0.2, -0.15) is 0 Å². The maximum atomic E-state index is 10.3. The highest BCUT2D eigenvalue weighted by Gasteiger charge is 2.21. The van der Waals surface area contributed by atoms with Crippen LogP contribution in [0, 0.1) is 0 Å². The second kappa shape index (κ2) is 9.51. The Morgan fingerprint density at radius 3 is 2.48 bits per heavy atom. The summed E-state index contributed by atoms with van der Waals surface area (Å²) in [5.41, 5.74) is 1.11. The first-order valence-corrected chi connectivity index (χ1v) is 9.68. The average Bonchev–Trinajstić information content (AvgIpc) is 2.68. The highest BCUT2D eigenvalue weighted by atomic mass is 35.5. The van der Waals surface area contributed by atoms with Gasteiger partial charge in [0.2, 0.25) is 0 Å². The minimum Gasteiger partial charge on any atom is -0.495 e. The van der Waals surface area contributed by atoms with E-state index in [1.807, 2.05) is 18.2 Å². The Morgan fingerprint density at radius 2 is 1.78 bits per heavy atom. The van der Waals surface area contributed by atoms with Gasteiger partial charge < -0.3 is 19.5 Å². The molecule has 1 fully saturated rings. The lowest BCUT2D eigenvalue weighted by molar-refractivity contribution is 0.0663. The summed E-state index contributed by atoms with van der Waals surface area (Å²) >= 11 is 12.0. The van der Waals surface area contributed by atoms with Gasteiger partial charge in [0.15, 0.2) is 0 Å². The summed E-state index contributed by atoms with van der Waals surface area (Å²) in [5.74, 6) is 1.42. The lowest BCUT2D eigenvalue weighted by Crippen LogP contribution is -2.49. The van der Waals surface area contributed by atoms with Crippen LogP contribution < -0.4 is 14.4 Å². The maximum Gasteiger partial charge on any atom is 0.142 e. The van der Waals surface area contributed by atoms with E-state index in [9.17, 15) is 5.11 Å². The number of aliphatic hydroxyl groups is 1. The van der Waals surface area contributed by atoms with Crippen molar-refractivity contribution in [2.75, 3.05) is 51.3 Å². The predicted molar refractivity (Wildman–Crippen MR) is 110 cm³/mol. The molecule has 1 aliphatic heterocycles. The predicted octanol–water partition coefficient (Wildman–Crippen LogP) is 3.56. The van der Waals surface area contributed by atoms with Crippen molar-refractivity contribution in [2.24, 2.45) is 0 Å².